The zero-order chi connectivity index (χ0) is 50.5. The molecule has 4 amide bonds. The average molecular weight is 1040 g/mol. The topological polar surface area (TPSA) is 218 Å². The van der Waals surface area contributed by atoms with Crippen molar-refractivity contribution >= 4 is 127 Å². The summed E-state index contributed by atoms with van der Waals surface area (Å²) in [4.78, 5) is 79.3. The third-order valence-electron chi connectivity index (χ3n) is 10.0. The fourth-order valence-electron chi connectivity index (χ4n) is 6.66. The molecule has 5 aromatic rings. The highest BCUT2D eigenvalue weighted by Gasteiger charge is 2.27. The molecule has 0 bridgehead atoms. The largest absolute Gasteiger partial charge is 0.495 e. The third kappa shape index (κ3) is 14.3. The summed E-state index contributed by atoms with van der Waals surface area (Å²) in [7, 11) is 2.92. The molecule has 4 atom stereocenters. The van der Waals surface area contributed by atoms with Crippen LogP contribution in [0.15, 0.2) is 111 Å². The number of methoxy groups -OCH3 is 2. The van der Waals surface area contributed by atoms with E-state index in [1.807, 2.05) is 0 Å². The van der Waals surface area contributed by atoms with Crippen molar-refractivity contribution in [3.63, 3.8) is 0 Å². The first kappa shape index (κ1) is 53.5. The van der Waals surface area contributed by atoms with Gasteiger partial charge >= 0.3 is 0 Å². The molecular formula is C48H45Cl5N8O8. The van der Waals surface area contributed by atoms with Gasteiger partial charge in [0, 0.05) is 38.4 Å². The summed E-state index contributed by atoms with van der Waals surface area (Å²) in [6.45, 7) is 5.82. The number of amides is 4. The number of ketones is 2. The summed E-state index contributed by atoms with van der Waals surface area (Å²) < 4.78 is 10.8. The maximum atomic E-state index is 13.6. The Kier molecular flexibility index (Phi) is 19.2. The quantitative estimate of drug-likeness (QED) is 0.0333. The SMILES string of the molecule is COc1cccc(C(C)Cl)c1NC(=O)c1cc(Cl)cc(N=NC(C(C)=O)C(=O)Nc2ccc(NC(=O)C(N=Nc3cc(Cl)cc(C(=O)Nc4c(OC)cccc4C(C)Cl)c3)C(C)=O)c(CCCl)c2)c1. The number of para-hydroxylation sites is 2. The number of benzene rings is 5. The van der Waals surface area contributed by atoms with Crippen molar-refractivity contribution in [3.8, 4) is 11.5 Å². The second-order valence-corrected chi connectivity index (χ2v) is 17.7. The van der Waals surface area contributed by atoms with E-state index in [-0.39, 0.29) is 56.2 Å². The molecule has 360 valence electrons. The Hall–Kier alpha value is -6.43. The van der Waals surface area contributed by atoms with Gasteiger partial charge in [-0.3, -0.25) is 28.8 Å². The Morgan fingerprint density at radius 3 is 1.45 bits per heavy atom. The standard InChI is InChI=1S/C48H45Cl5N8O8/c1-24(50)36-9-7-11-39(68-5)43(36)56-45(64)29-17-31(52)22-34(20-29)58-60-41(26(3)62)47(66)54-33-13-14-38(28(19-33)15-16-49)55-48(67)42(27(4)63)61-59-35-21-30(18-32(53)23-35)46(65)57-44-37(25(2)51)10-8-12-40(44)69-6/h7-14,17-25,41-42H,15-16H2,1-6H3,(H,54,66)(H,55,67)(H,56,64)(H,57,65). The molecule has 21 heteroatoms. The molecule has 16 nitrogen and oxygen atoms in total. The Morgan fingerprint density at radius 1 is 0.594 bits per heavy atom. The number of rotatable bonds is 20. The number of nitrogens with zero attached hydrogens (tertiary/aromatic N) is 4. The van der Waals surface area contributed by atoms with Crippen LogP contribution in [-0.2, 0) is 25.6 Å². The van der Waals surface area contributed by atoms with Crippen molar-refractivity contribution in [2.45, 2.75) is 57.0 Å². The van der Waals surface area contributed by atoms with Gasteiger partial charge in [-0.05, 0) is 118 Å². The van der Waals surface area contributed by atoms with E-state index in [0.717, 1.165) is 13.8 Å². The zero-order valence-corrected chi connectivity index (χ0v) is 41.6. The van der Waals surface area contributed by atoms with Crippen molar-refractivity contribution in [1.29, 1.82) is 0 Å². The number of hydrogen-bond donors (Lipinski definition) is 4. The Balaban J connectivity index is 1.30. The summed E-state index contributed by atoms with van der Waals surface area (Å²) in [6, 6.07) is 19.9. The number of anilines is 4. The van der Waals surface area contributed by atoms with Crippen molar-refractivity contribution < 1.29 is 38.2 Å². The van der Waals surface area contributed by atoms with Crippen molar-refractivity contribution in [2.24, 2.45) is 20.5 Å². The number of azo groups is 2. The molecular weight excluding hydrogens is 994 g/mol. The maximum absolute atomic E-state index is 13.6. The lowest BCUT2D eigenvalue weighted by Crippen LogP contribution is -2.32. The van der Waals surface area contributed by atoms with Gasteiger partial charge in [-0.1, -0.05) is 47.5 Å². The molecule has 4 N–H and O–H groups in total. The molecule has 0 aromatic heterocycles. The first-order valence-electron chi connectivity index (χ1n) is 20.8. The third-order valence-corrected chi connectivity index (χ3v) is 11.1. The summed E-state index contributed by atoms with van der Waals surface area (Å²) in [5.74, 6) is -3.24. The van der Waals surface area contributed by atoms with E-state index in [1.165, 1.54) is 68.8 Å². The van der Waals surface area contributed by atoms with Crippen LogP contribution < -0.4 is 30.7 Å². The van der Waals surface area contributed by atoms with E-state index < -0.39 is 58.0 Å². The monoisotopic (exact) mass is 1040 g/mol. The number of halogens is 5. The fourth-order valence-corrected chi connectivity index (χ4v) is 7.69. The van der Waals surface area contributed by atoms with E-state index in [9.17, 15) is 28.8 Å². The predicted molar refractivity (Wildman–Crippen MR) is 269 cm³/mol. The molecule has 0 saturated carbocycles. The molecule has 5 rings (SSSR count). The van der Waals surface area contributed by atoms with Crippen molar-refractivity contribution in [3.05, 3.63) is 129 Å². The lowest BCUT2D eigenvalue weighted by Gasteiger charge is -2.16. The van der Waals surface area contributed by atoms with E-state index in [4.69, 9.17) is 67.5 Å². The molecule has 0 spiro atoms. The average Bonchev–Trinajstić information content (AvgIpc) is 3.29. The molecule has 0 aliphatic heterocycles. The lowest BCUT2D eigenvalue weighted by molar-refractivity contribution is -0.127. The smallest absolute Gasteiger partial charge is 0.258 e. The number of nitrogens with one attached hydrogen (secondary N) is 4. The molecule has 0 fully saturated rings. The minimum Gasteiger partial charge on any atom is -0.495 e. The highest BCUT2D eigenvalue weighted by molar-refractivity contribution is 6.32. The minimum atomic E-state index is -1.63. The highest BCUT2D eigenvalue weighted by atomic mass is 35.5. The number of ether oxygens (including phenoxy) is 2. The van der Waals surface area contributed by atoms with Crippen LogP contribution >= 0.6 is 58.0 Å². The molecule has 0 radical (unpaired) electrons. The van der Waals surface area contributed by atoms with Crippen LogP contribution in [0.4, 0.5) is 34.1 Å². The fraction of sp³-hybridized carbons (Fsp3) is 0.250. The van der Waals surface area contributed by atoms with E-state index in [0.29, 0.717) is 39.6 Å². The van der Waals surface area contributed by atoms with Crippen LogP contribution in [0.3, 0.4) is 0 Å². The normalized spacial score (nSPS) is 13.0. The van der Waals surface area contributed by atoms with Crippen LogP contribution in [0.2, 0.25) is 10.0 Å². The molecule has 4 unspecified atom stereocenters. The summed E-state index contributed by atoms with van der Waals surface area (Å²) in [5, 5.41) is 26.4. The number of hydrogen-bond acceptors (Lipinski definition) is 12. The van der Waals surface area contributed by atoms with Gasteiger partial charge in [-0.2, -0.15) is 20.5 Å². The van der Waals surface area contributed by atoms with E-state index in [1.54, 1.807) is 50.2 Å². The number of carbonyl (C=O) groups is 6. The number of Topliss-reactive ketones (excluding diaryl/α,β-unsaturated/α-hetero) is 2. The van der Waals surface area contributed by atoms with E-state index >= 15 is 0 Å². The Morgan fingerprint density at radius 2 is 1.04 bits per heavy atom. The molecule has 0 aliphatic carbocycles. The van der Waals surface area contributed by atoms with Gasteiger partial charge in [0.05, 0.1) is 47.7 Å². The van der Waals surface area contributed by atoms with Gasteiger partial charge in [-0.15, -0.1) is 34.8 Å². The van der Waals surface area contributed by atoms with Gasteiger partial charge < -0.3 is 30.7 Å². The van der Waals surface area contributed by atoms with Crippen LogP contribution in [0.5, 0.6) is 11.5 Å². The molecule has 5 aromatic carbocycles. The minimum absolute atomic E-state index is 0.0742. The highest BCUT2D eigenvalue weighted by Crippen LogP contribution is 2.37. The molecule has 0 aliphatic rings. The number of aryl methyl sites for hydroxylation is 1. The summed E-state index contributed by atoms with van der Waals surface area (Å²) in [5.41, 5.74) is 3.22. The van der Waals surface area contributed by atoms with Crippen molar-refractivity contribution in [2.75, 3.05) is 41.4 Å². The second kappa shape index (κ2) is 24.7. The van der Waals surface area contributed by atoms with Crippen LogP contribution in [0.1, 0.15) is 75.9 Å². The van der Waals surface area contributed by atoms with Gasteiger partial charge in [0.2, 0.25) is 12.1 Å². The predicted octanol–water partition coefficient (Wildman–Crippen LogP) is 12.3. The van der Waals surface area contributed by atoms with Crippen LogP contribution in [-0.4, -0.2) is 67.4 Å². The van der Waals surface area contributed by atoms with Gasteiger partial charge in [0.1, 0.15) is 11.5 Å². The molecule has 0 heterocycles. The zero-order valence-electron chi connectivity index (χ0n) is 37.8. The van der Waals surface area contributed by atoms with E-state index in [2.05, 4.69) is 41.7 Å². The Labute approximate surface area is 422 Å². The van der Waals surface area contributed by atoms with Gasteiger partial charge in [0.25, 0.3) is 23.6 Å². The van der Waals surface area contributed by atoms with Gasteiger partial charge in [-0.25, -0.2) is 0 Å². The van der Waals surface area contributed by atoms with Crippen LogP contribution in [0, 0.1) is 0 Å². The summed E-state index contributed by atoms with van der Waals surface area (Å²) in [6.07, 6.45) is 0.199. The molecule has 0 saturated heterocycles. The Bertz CT molecular complexity index is 2840. The summed E-state index contributed by atoms with van der Waals surface area (Å²) >= 11 is 31.5. The lowest BCUT2D eigenvalue weighted by atomic mass is 10.1. The first-order chi connectivity index (χ1) is 32.8. The van der Waals surface area contributed by atoms with Crippen molar-refractivity contribution in [1.82, 2.24) is 0 Å². The first-order valence-corrected chi connectivity index (χ1v) is 23.0. The molecule has 69 heavy (non-hydrogen) atoms. The number of alkyl halides is 3. The number of carbonyl (C=O) groups excluding carboxylic acids is 6. The second-order valence-electron chi connectivity index (χ2n) is 15.1. The maximum Gasteiger partial charge on any atom is 0.258 e. The van der Waals surface area contributed by atoms with Crippen LogP contribution in [0.25, 0.3) is 0 Å². The van der Waals surface area contributed by atoms with Gasteiger partial charge in [0.15, 0.2) is 11.6 Å².